The molecule has 0 bridgehead atoms. The maximum absolute atomic E-state index is 11.2. The fourth-order valence-electron chi connectivity index (χ4n) is 2.72. The summed E-state index contributed by atoms with van der Waals surface area (Å²) >= 11 is 0. The van der Waals surface area contributed by atoms with Gasteiger partial charge in [0.05, 0.1) is 0 Å². The van der Waals surface area contributed by atoms with Crippen molar-refractivity contribution in [2.75, 3.05) is 0 Å². The molecule has 1 aromatic carbocycles. The molecule has 0 unspecified atom stereocenters. The molecule has 2 nitrogen and oxygen atoms in total. The van der Waals surface area contributed by atoms with Crippen LogP contribution in [0.3, 0.4) is 0 Å². The molecule has 0 atom stereocenters. The number of hydrogen-bond acceptors (Lipinski definition) is 2. The number of esters is 1. The van der Waals surface area contributed by atoms with Crippen LogP contribution in [0.4, 0.5) is 0 Å². The van der Waals surface area contributed by atoms with Crippen LogP contribution in [0.15, 0.2) is 30.3 Å². The van der Waals surface area contributed by atoms with Crippen molar-refractivity contribution >= 4 is 5.97 Å². The first-order valence-electron chi connectivity index (χ1n) is 6.29. The summed E-state index contributed by atoms with van der Waals surface area (Å²) in [4.78, 5) is 11.2. The second-order valence-electron chi connectivity index (χ2n) is 4.88. The van der Waals surface area contributed by atoms with Crippen LogP contribution in [-0.4, -0.2) is 11.6 Å². The molecule has 2 rings (SSSR count). The predicted octanol–water partition coefficient (Wildman–Crippen LogP) is 3.75. The number of rotatable bonds is 3. The van der Waals surface area contributed by atoms with Gasteiger partial charge >= 0.3 is 0 Å². The summed E-state index contributed by atoms with van der Waals surface area (Å²) < 4.78 is 5.53. The molecule has 109 valence electrons. The summed E-state index contributed by atoms with van der Waals surface area (Å²) in [5.41, 5.74) is 0.925. The summed E-state index contributed by atoms with van der Waals surface area (Å²) in [5.74, 6) is -0.400. The van der Waals surface area contributed by atoms with Crippen molar-refractivity contribution in [3.63, 3.8) is 0 Å². The molecule has 1 fully saturated rings. The van der Waals surface area contributed by atoms with Gasteiger partial charge in [-0.3, -0.25) is 11.7 Å². The first kappa shape index (κ1) is 22.6. The molecular formula is C16H22O2WY-2. The predicted molar refractivity (Wildman–Crippen MR) is 73.8 cm³/mol. The number of ether oxygens (including phenoxy) is 1. The van der Waals surface area contributed by atoms with Crippen molar-refractivity contribution < 1.29 is 63.3 Å². The molecule has 1 aliphatic carbocycles. The van der Waals surface area contributed by atoms with Gasteiger partial charge in [-0.2, -0.15) is 0 Å². The standard InChI is InChI=1S/C15H19O2.CH3.W.Y/c1-13(16)17-15(10-6-3-7-11-15)12-14-8-4-2-5-9-14;;;/h2,4-5,8-9H,1,3,6-7,10-12H2;1H3;;/q2*-1;;. The van der Waals surface area contributed by atoms with Crippen LogP contribution in [0.5, 0.6) is 0 Å². The molecule has 0 heterocycles. The molecule has 1 saturated carbocycles. The number of carbonyl (C=O) groups excluding carboxylic acids is 1. The molecule has 0 N–H and O–H groups in total. The van der Waals surface area contributed by atoms with Gasteiger partial charge in [-0.05, 0) is 31.2 Å². The molecule has 0 saturated heterocycles. The Bertz CT molecular complexity index is 375. The maximum Gasteiger partial charge on any atom is 0.165 e. The van der Waals surface area contributed by atoms with Crippen LogP contribution in [0.25, 0.3) is 0 Å². The minimum Gasteiger partial charge on any atom is -0.482 e. The van der Waals surface area contributed by atoms with E-state index in [1.54, 1.807) is 0 Å². The fourth-order valence-corrected chi connectivity index (χ4v) is 2.72. The van der Waals surface area contributed by atoms with E-state index in [4.69, 9.17) is 4.74 Å². The van der Waals surface area contributed by atoms with Crippen molar-refractivity contribution in [3.8, 4) is 0 Å². The largest absolute Gasteiger partial charge is 0.482 e. The molecule has 0 aromatic heterocycles. The monoisotopic (exact) mass is 519 g/mol. The van der Waals surface area contributed by atoms with Gasteiger partial charge in [0.15, 0.2) is 5.97 Å². The van der Waals surface area contributed by atoms with E-state index in [2.05, 4.69) is 19.1 Å². The Balaban J connectivity index is 0. The van der Waals surface area contributed by atoms with Crippen LogP contribution in [-0.2, 0) is 69.7 Å². The minimum atomic E-state index is -0.400. The summed E-state index contributed by atoms with van der Waals surface area (Å²) in [6.07, 6.45) is 6.26. The number of carbonyl (C=O) groups is 1. The summed E-state index contributed by atoms with van der Waals surface area (Å²) in [5, 5.41) is 0. The van der Waals surface area contributed by atoms with E-state index in [0.29, 0.717) is 0 Å². The number of hydrogen-bond donors (Lipinski definition) is 0. The van der Waals surface area contributed by atoms with E-state index in [-0.39, 0.29) is 66.8 Å². The first-order chi connectivity index (χ1) is 8.20. The summed E-state index contributed by atoms with van der Waals surface area (Å²) in [6, 6.07) is 10.2. The second-order valence-corrected chi connectivity index (χ2v) is 4.88. The Kier molecular flexibility index (Phi) is 12.4. The van der Waals surface area contributed by atoms with E-state index in [9.17, 15) is 4.79 Å². The number of benzene rings is 1. The molecule has 20 heavy (non-hydrogen) atoms. The van der Waals surface area contributed by atoms with E-state index in [0.717, 1.165) is 32.1 Å². The zero-order valence-corrected chi connectivity index (χ0v) is 17.9. The van der Waals surface area contributed by atoms with Crippen molar-refractivity contribution in [2.24, 2.45) is 0 Å². The minimum absolute atomic E-state index is 0. The molecule has 1 aliphatic rings. The molecule has 0 amide bonds. The molecular weight excluding hydrogens is 497 g/mol. The van der Waals surface area contributed by atoms with Crippen LogP contribution < -0.4 is 0 Å². The first-order valence-corrected chi connectivity index (χ1v) is 6.29. The third-order valence-corrected chi connectivity index (χ3v) is 3.46. The third kappa shape index (κ3) is 6.87. The van der Waals surface area contributed by atoms with Crippen LogP contribution in [0.2, 0.25) is 0 Å². The van der Waals surface area contributed by atoms with Gasteiger partial charge in [-0.25, -0.2) is 0 Å². The Morgan fingerprint density at radius 3 is 2.20 bits per heavy atom. The Labute approximate surface area is 162 Å². The topological polar surface area (TPSA) is 26.3 Å². The van der Waals surface area contributed by atoms with Gasteiger partial charge in [-0.15, -0.1) is 0 Å². The quantitative estimate of drug-likeness (QED) is 0.450. The Morgan fingerprint density at radius 1 is 1.15 bits per heavy atom. The van der Waals surface area contributed by atoms with E-state index in [1.807, 2.05) is 18.2 Å². The van der Waals surface area contributed by atoms with E-state index < -0.39 is 5.97 Å². The molecule has 1 aromatic rings. The van der Waals surface area contributed by atoms with Crippen molar-refractivity contribution in [1.29, 1.82) is 0 Å². The van der Waals surface area contributed by atoms with Crippen molar-refractivity contribution in [1.82, 2.24) is 0 Å². The van der Waals surface area contributed by atoms with Gasteiger partial charge < -0.3 is 12.2 Å². The summed E-state index contributed by atoms with van der Waals surface area (Å²) in [7, 11) is 0. The van der Waals surface area contributed by atoms with Gasteiger partial charge in [0.25, 0.3) is 0 Å². The normalized spacial score (nSPS) is 15.8. The van der Waals surface area contributed by atoms with Crippen LogP contribution in [0, 0.1) is 14.4 Å². The molecule has 1 radical (unpaired) electrons. The van der Waals surface area contributed by atoms with E-state index in [1.165, 1.54) is 12.0 Å². The SMILES string of the molecule is [CH2-]C(=O)OC1(Cc2ccccc2)CCCCC1.[CH3-].[W].[Y]. The van der Waals surface area contributed by atoms with Crippen LogP contribution >= 0.6 is 0 Å². The zero-order chi connectivity index (χ0) is 12.1. The average molecular weight is 519 g/mol. The maximum atomic E-state index is 11.2. The summed E-state index contributed by atoms with van der Waals surface area (Å²) in [6.45, 7) is 3.36. The van der Waals surface area contributed by atoms with Crippen molar-refractivity contribution in [3.05, 3.63) is 50.2 Å². The molecule has 0 aliphatic heterocycles. The van der Waals surface area contributed by atoms with Crippen molar-refractivity contribution in [2.45, 2.75) is 44.1 Å². The van der Waals surface area contributed by atoms with Gasteiger partial charge in [0.2, 0.25) is 0 Å². The van der Waals surface area contributed by atoms with Gasteiger partial charge in [0, 0.05) is 60.2 Å². The van der Waals surface area contributed by atoms with Gasteiger partial charge in [0.1, 0.15) is 5.60 Å². The Hall–Kier alpha value is 0.352. The molecule has 0 spiro atoms. The Morgan fingerprint density at radius 2 is 1.70 bits per heavy atom. The van der Waals surface area contributed by atoms with E-state index >= 15 is 0 Å². The average Bonchev–Trinajstić information content (AvgIpc) is 2.30. The molecule has 4 heteroatoms. The zero-order valence-electron chi connectivity index (χ0n) is 12.1. The second kappa shape index (κ2) is 11.0. The smallest absolute Gasteiger partial charge is 0.165 e. The van der Waals surface area contributed by atoms with Gasteiger partial charge in [-0.1, -0.05) is 36.8 Å². The fraction of sp³-hybridized carbons (Fsp3) is 0.438. The third-order valence-electron chi connectivity index (χ3n) is 3.46. The van der Waals surface area contributed by atoms with Crippen LogP contribution in [0.1, 0.15) is 37.7 Å².